The summed E-state index contributed by atoms with van der Waals surface area (Å²) < 4.78 is 12.0. The van der Waals surface area contributed by atoms with Gasteiger partial charge in [0.15, 0.2) is 0 Å². The molecule has 1 unspecified atom stereocenters. The van der Waals surface area contributed by atoms with Gasteiger partial charge in [0.2, 0.25) is 0 Å². The minimum Gasteiger partial charge on any atom is -0.480 e. The predicted octanol–water partition coefficient (Wildman–Crippen LogP) is 1.17. The van der Waals surface area contributed by atoms with Crippen LogP contribution in [0.25, 0.3) is 0 Å². The lowest BCUT2D eigenvalue weighted by molar-refractivity contribution is -0.144. The number of carboxylic acids is 1. The molecule has 0 aromatic carbocycles. The average molecular weight is 177 g/mol. The van der Waals surface area contributed by atoms with Crippen molar-refractivity contribution in [2.24, 2.45) is 11.7 Å². The Balaban J connectivity index is 4.28. The molecule has 0 aliphatic heterocycles. The number of alkyl halides is 1. The van der Waals surface area contributed by atoms with Gasteiger partial charge in [-0.25, -0.2) is 0 Å². The molecule has 0 aromatic heterocycles. The average Bonchev–Trinajstić information content (AvgIpc) is 1.85. The number of nitrogens with two attached hydrogens (primary N) is 1. The van der Waals surface area contributed by atoms with Crippen LogP contribution in [0.15, 0.2) is 0 Å². The van der Waals surface area contributed by atoms with Crippen LogP contribution in [0.3, 0.4) is 0 Å². The summed E-state index contributed by atoms with van der Waals surface area (Å²) in [6.07, 6.45) is 0.201. The smallest absolute Gasteiger partial charge is 0.323 e. The molecule has 0 bridgehead atoms. The Bertz CT molecular complexity index is 161. The fraction of sp³-hybridized carbons (Fsp3) is 0.875. The minimum absolute atomic E-state index is 0.111. The standard InChI is InChI=1S/C8H16FNO2/c1-6(2)5-8(10,3-4-9)7(11)12/h6H,3-5,10H2,1-2H3,(H,11,12). The van der Waals surface area contributed by atoms with Gasteiger partial charge in [-0.1, -0.05) is 13.8 Å². The molecule has 0 heterocycles. The van der Waals surface area contributed by atoms with Crippen molar-refractivity contribution in [1.29, 1.82) is 0 Å². The Labute approximate surface area is 71.8 Å². The Morgan fingerprint density at radius 1 is 1.67 bits per heavy atom. The maximum Gasteiger partial charge on any atom is 0.323 e. The normalized spacial score (nSPS) is 16.1. The molecule has 0 rings (SSSR count). The summed E-state index contributed by atoms with van der Waals surface area (Å²) >= 11 is 0. The fourth-order valence-electron chi connectivity index (χ4n) is 1.19. The van der Waals surface area contributed by atoms with Crippen molar-refractivity contribution < 1.29 is 14.3 Å². The maximum atomic E-state index is 12.0. The van der Waals surface area contributed by atoms with Crippen LogP contribution < -0.4 is 5.73 Å². The molecule has 0 radical (unpaired) electrons. The zero-order valence-corrected chi connectivity index (χ0v) is 7.51. The SMILES string of the molecule is CC(C)CC(N)(CCF)C(=O)O. The van der Waals surface area contributed by atoms with Gasteiger partial charge in [0.05, 0.1) is 6.67 Å². The highest BCUT2D eigenvalue weighted by atomic mass is 19.1. The molecule has 0 aromatic rings. The van der Waals surface area contributed by atoms with Crippen LogP contribution in [-0.2, 0) is 4.79 Å². The molecule has 0 aliphatic rings. The van der Waals surface area contributed by atoms with E-state index in [2.05, 4.69) is 0 Å². The van der Waals surface area contributed by atoms with Crippen LogP contribution in [0.4, 0.5) is 4.39 Å². The third-order valence-electron chi connectivity index (χ3n) is 1.74. The molecule has 3 N–H and O–H groups in total. The van der Waals surface area contributed by atoms with Crippen molar-refractivity contribution >= 4 is 5.97 Å². The lowest BCUT2D eigenvalue weighted by atomic mass is 9.87. The van der Waals surface area contributed by atoms with E-state index in [0.29, 0.717) is 6.42 Å². The molecule has 0 amide bonds. The quantitative estimate of drug-likeness (QED) is 0.662. The number of halogens is 1. The molecule has 0 fully saturated rings. The molecular formula is C8H16FNO2. The first-order valence-electron chi connectivity index (χ1n) is 4.00. The van der Waals surface area contributed by atoms with E-state index in [4.69, 9.17) is 10.8 Å². The molecule has 0 saturated carbocycles. The highest BCUT2D eigenvalue weighted by molar-refractivity contribution is 5.78. The first kappa shape index (κ1) is 11.4. The second-order valence-electron chi connectivity index (χ2n) is 3.50. The molecule has 0 saturated heterocycles. The van der Waals surface area contributed by atoms with Crippen LogP contribution in [0.1, 0.15) is 26.7 Å². The minimum atomic E-state index is -1.39. The number of hydrogen-bond donors (Lipinski definition) is 2. The van der Waals surface area contributed by atoms with E-state index in [1.54, 1.807) is 0 Å². The van der Waals surface area contributed by atoms with Crippen molar-refractivity contribution in [2.45, 2.75) is 32.2 Å². The summed E-state index contributed by atoms with van der Waals surface area (Å²) in [4.78, 5) is 10.7. The molecule has 0 spiro atoms. The molecule has 4 heteroatoms. The summed E-state index contributed by atoms with van der Waals surface area (Å²) in [6, 6.07) is 0. The number of hydrogen-bond acceptors (Lipinski definition) is 2. The number of carboxylic acid groups (broad SMARTS) is 1. The van der Waals surface area contributed by atoms with Crippen LogP contribution in [0.5, 0.6) is 0 Å². The van der Waals surface area contributed by atoms with Crippen molar-refractivity contribution in [1.82, 2.24) is 0 Å². The van der Waals surface area contributed by atoms with E-state index in [1.807, 2.05) is 13.8 Å². The first-order chi connectivity index (χ1) is 5.42. The molecule has 0 aliphatic carbocycles. The number of aliphatic carboxylic acids is 1. The molecule has 72 valence electrons. The molecule has 12 heavy (non-hydrogen) atoms. The fourth-order valence-corrected chi connectivity index (χ4v) is 1.19. The predicted molar refractivity (Wildman–Crippen MR) is 44.6 cm³/mol. The van der Waals surface area contributed by atoms with E-state index in [-0.39, 0.29) is 12.3 Å². The lowest BCUT2D eigenvalue weighted by Crippen LogP contribution is -2.49. The van der Waals surface area contributed by atoms with Gasteiger partial charge in [-0.15, -0.1) is 0 Å². The molecule has 1 atom stereocenters. The van der Waals surface area contributed by atoms with Crippen molar-refractivity contribution in [3.8, 4) is 0 Å². The maximum absolute atomic E-state index is 12.0. The van der Waals surface area contributed by atoms with Gasteiger partial charge in [0.25, 0.3) is 0 Å². The third-order valence-corrected chi connectivity index (χ3v) is 1.74. The highest BCUT2D eigenvalue weighted by Crippen LogP contribution is 2.18. The van der Waals surface area contributed by atoms with Gasteiger partial charge >= 0.3 is 5.97 Å². The zero-order valence-electron chi connectivity index (χ0n) is 7.51. The number of rotatable bonds is 5. The molecule has 3 nitrogen and oxygen atoms in total. The van der Waals surface area contributed by atoms with Crippen LogP contribution >= 0.6 is 0 Å². The van der Waals surface area contributed by atoms with Gasteiger partial charge in [-0.3, -0.25) is 9.18 Å². The van der Waals surface area contributed by atoms with E-state index in [1.165, 1.54) is 0 Å². The third kappa shape index (κ3) is 3.17. The summed E-state index contributed by atoms with van der Waals surface area (Å²) in [7, 11) is 0. The summed E-state index contributed by atoms with van der Waals surface area (Å²) in [5, 5.41) is 8.72. The van der Waals surface area contributed by atoms with Gasteiger partial charge in [0.1, 0.15) is 5.54 Å². The Hall–Kier alpha value is -0.640. The molecular weight excluding hydrogens is 161 g/mol. The van der Waals surface area contributed by atoms with Gasteiger partial charge < -0.3 is 10.8 Å². The Morgan fingerprint density at radius 3 is 2.42 bits per heavy atom. The Morgan fingerprint density at radius 2 is 2.17 bits per heavy atom. The second kappa shape index (κ2) is 4.40. The van der Waals surface area contributed by atoms with Gasteiger partial charge in [-0.2, -0.15) is 0 Å². The first-order valence-corrected chi connectivity index (χ1v) is 4.00. The van der Waals surface area contributed by atoms with Crippen molar-refractivity contribution in [2.75, 3.05) is 6.67 Å². The van der Waals surface area contributed by atoms with Gasteiger partial charge in [-0.05, 0) is 12.3 Å². The van der Waals surface area contributed by atoms with E-state index >= 15 is 0 Å². The van der Waals surface area contributed by atoms with Crippen LogP contribution in [0.2, 0.25) is 0 Å². The van der Waals surface area contributed by atoms with Gasteiger partial charge in [0, 0.05) is 6.42 Å². The highest BCUT2D eigenvalue weighted by Gasteiger charge is 2.33. The van der Waals surface area contributed by atoms with Crippen molar-refractivity contribution in [3.05, 3.63) is 0 Å². The number of carbonyl (C=O) groups is 1. The van der Waals surface area contributed by atoms with Crippen LogP contribution in [0, 0.1) is 5.92 Å². The van der Waals surface area contributed by atoms with Crippen molar-refractivity contribution in [3.63, 3.8) is 0 Å². The zero-order chi connectivity index (χ0) is 9.78. The van der Waals surface area contributed by atoms with E-state index < -0.39 is 18.2 Å². The monoisotopic (exact) mass is 177 g/mol. The van der Waals surface area contributed by atoms with Crippen LogP contribution in [-0.4, -0.2) is 23.3 Å². The lowest BCUT2D eigenvalue weighted by Gasteiger charge is -2.25. The topological polar surface area (TPSA) is 63.3 Å². The Kier molecular flexibility index (Phi) is 4.17. The summed E-state index contributed by atoms with van der Waals surface area (Å²) in [6.45, 7) is 3.04. The van der Waals surface area contributed by atoms with E-state index in [0.717, 1.165) is 0 Å². The largest absolute Gasteiger partial charge is 0.480 e. The summed E-state index contributed by atoms with van der Waals surface area (Å²) in [5.41, 5.74) is 4.13. The summed E-state index contributed by atoms with van der Waals surface area (Å²) in [5.74, 6) is -0.952. The van der Waals surface area contributed by atoms with E-state index in [9.17, 15) is 9.18 Å². The second-order valence-corrected chi connectivity index (χ2v) is 3.50.